The number of fused-ring (bicyclic) bond motifs is 1. The average molecular weight is 457 g/mol. The van der Waals surface area contributed by atoms with Gasteiger partial charge in [-0.05, 0) is 62.1 Å². The van der Waals surface area contributed by atoms with Crippen LogP contribution in [0.1, 0.15) is 56.5 Å². The van der Waals surface area contributed by atoms with Gasteiger partial charge in [0.2, 0.25) is 0 Å². The van der Waals surface area contributed by atoms with Gasteiger partial charge in [-0.1, -0.05) is 25.5 Å². The average Bonchev–Trinajstić information content (AvgIpc) is 3.33. The van der Waals surface area contributed by atoms with Crippen LogP contribution in [0.2, 0.25) is 0 Å². The van der Waals surface area contributed by atoms with Gasteiger partial charge in [-0.2, -0.15) is 5.10 Å². The number of anilines is 1. The molecule has 176 valence electrons. The minimum atomic E-state index is -0.105. The summed E-state index contributed by atoms with van der Waals surface area (Å²) in [5.41, 5.74) is 12.0. The van der Waals surface area contributed by atoms with Crippen molar-refractivity contribution < 1.29 is 5.11 Å². The van der Waals surface area contributed by atoms with Crippen LogP contribution in [0.5, 0.6) is 0 Å². The van der Waals surface area contributed by atoms with Crippen molar-refractivity contribution in [2.45, 2.75) is 51.7 Å². The highest BCUT2D eigenvalue weighted by molar-refractivity contribution is 5.96. The van der Waals surface area contributed by atoms with E-state index in [0.29, 0.717) is 11.5 Å². The number of pyridine rings is 2. The van der Waals surface area contributed by atoms with Crippen molar-refractivity contribution in [2.75, 3.05) is 18.0 Å². The van der Waals surface area contributed by atoms with Gasteiger partial charge in [-0.3, -0.25) is 4.98 Å². The van der Waals surface area contributed by atoms with E-state index in [0.717, 1.165) is 53.8 Å². The molecule has 34 heavy (non-hydrogen) atoms. The van der Waals surface area contributed by atoms with Crippen molar-refractivity contribution in [3.05, 3.63) is 66.1 Å². The normalized spacial score (nSPS) is 15.1. The first-order valence-corrected chi connectivity index (χ1v) is 12.2. The standard InChI is InChI=1S/C27H32N6O/c1-2-8-22(28)24-11-7-10-23(31-24)19-15-25(32-13-4-3-5-14-32)21-17-29-33(26(21)16-19)27-12-6-9-20(18-34)30-27/h6-7,9-12,15-17,22,34H,2-5,8,13-14,18,28H2,1H3/t22-/m0/s1. The first kappa shape index (κ1) is 22.5. The molecule has 1 fully saturated rings. The highest BCUT2D eigenvalue weighted by Gasteiger charge is 2.19. The molecule has 0 aliphatic carbocycles. The van der Waals surface area contributed by atoms with Gasteiger partial charge in [-0.15, -0.1) is 0 Å². The highest BCUT2D eigenvalue weighted by atomic mass is 16.3. The van der Waals surface area contributed by atoms with E-state index in [1.54, 1.807) is 0 Å². The maximum Gasteiger partial charge on any atom is 0.154 e. The van der Waals surface area contributed by atoms with Crippen LogP contribution < -0.4 is 10.6 Å². The van der Waals surface area contributed by atoms with Crippen LogP contribution >= 0.6 is 0 Å². The SMILES string of the molecule is CCC[C@H](N)c1cccc(-c2cc(N3CCCCC3)c3cnn(-c4cccc(CO)n4)c3c2)n1. The molecule has 1 aliphatic rings. The third kappa shape index (κ3) is 4.41. The zero-order valence-electron chi connectivity index (χ0n) is 19.7. The molecule has 1 saturated heterocycles. The van der Waals surface area contributed by atoms with E-state index in [9.17, 15) is 5.11 Å². The first-order valence-electron chi connectivity index (χ1n) is 12.2. The fourth-order valence-corrected chi connectivity index (χ4v) is 4.79. The molecule has 3 aromatic heterocycles. The van der Waals surface area contributed by atoms with Crippen molar-refractivity contribution in [1.82, 2.24) is 19.7 Å². The van der Waals surface area contributed by atoms with Gasteiger partial charge in [0.25, 0.3) is 0 Å². The molecule has 1 atom stereocenters. The van der Waals surface area contributed by atoms with Crippen molar-refractivity contribution in [3.63, 3.8) is 0 Å². The Balaban J connectivity index is 1.67. The summed E-state index contributed by atoms with van der Waals surface area (Å²) in [5.74, 6) is 0.690. The third-order valence-corrected chi connectivity index (χ3v) is 6.58. The van der Waals surface area contributed by atoms with Crippen LogP contribution in [0.3, 0.4) is 0 Å². The van der Waals surface area contributed by atoms with Crippen LogP contribution in [0.15, 0.2) is 54.7 Å². The molecule has 0 unspecified atom stereocenters. The lowest BCUT2D eigenvalue weighted by Gasteiger charge is -2.29. The smallest absolute Gasteiger partial charge is 0.154 e. The molecule has 0 bridgehead atoms. The van der Waals surface area contributed by atoms with Crippen molar-refractivity contribution in [1.29, 1.82) is 0 Å². The fraction of sp³-hybridized carbons (Fsp3) is 0.370. The molecular formula is C27H32N6O. The fourth-order valence-electron chi connectivity index (χ4n) is 4.79. The summed E-state index contributed by atoms with van der Waals surface area (Å²) in [6.07, 6.45) is 7.53. The maximum atomic E-state index is 9.57. The summed E-state index contributed by atoms with van der Waals surface area (Å²) < 4.78 is 1.86. The maximum absolute atomic E-state index is 9.57. The van der Waals surface area contributed by atoms with Crippen molar-refractivity contribution in [2.24, 2.45) is 5.73 Å². The second-order valence-corrected chi connectivity index (χ2v) is 9.02. The predicted molar refractivity (Wildman–Crippen MR) is 136 cm³/mol. The number of hydrogen-bond acceptors (Lipinski definition) is 6. The predicted octanol–water partition coefficient (Wildman–Crippen LogP) is 4.77. The Labute approximate surface area is 200 Å². The summed E-state index contributed by atoms with van der Waals surface area (Å²) >= 11 is 0. The topological polar surface area (TPSA) is 93.1 Å². The number of rotatable bonds is 7. The summed E-state index contributed by atoms with van der Waals surface area (Å²) in [6.45, 7) is 4.11. The molecular weight excluding hydrogens is 424 g/mol. The van der Waals surface area contributed by atoms with E-state index in [-0.39, 0.29) is 12.6 Å². The minimum Gasteiger partial charge on any atom is -0.390 e. The number of nitrogens with zero attached hydrogens (tertiary/aromatic N) is 5. The lowest BCUT2D eigenvalue weighted by Crippen LogP contribution is -2.29. The molecule has 4 heterocycles. The first-order chi connectivity index (χ1) is 16.7. The number of nitrogens with two attached hydrogens (primary N) is 1. The number of aliphatic hydroxyl groups is 1. The molecule has 3 N–H and O–H groups in total. The van der Waals surface area contributed by atoms with E-state index in [4.69, 9.17) is 15.8 Å². The van der Waals surface area contributed by atoms with Crippen molar-refractivity contribution >= 4 is 16.6 Å². The van der Waals surface area contributed by atoms with Gasteiger partial charge in [0.05, 0.1) is 35.4 Å². The second kappa shape index (κ2) is 9.91. The summed E-state index contributed by atoms with van der Waals surface area (Å²) in [4.78, 5) is 12.0. The molecule has 1 aliphatic heterocycles. The molecule has 7 nitrogen and oxygen atoms in total. The van der Waals surface area contributed by atoms with E-state index in [2.05, 4.69) is 35.0 Å². The van der Waals surface area contributed by atoms with Crippen LogP contribution in [0, 0.1) is 0 Å². The Morgan fingerprint density at radius 2 is 1.85 bits per heavy atom. The Bertz CT molecular complexity index is 1280. The number of aliphatic hydroxyl groups excluding tert-OH is 1. The highest BCUT2D eigenvalue weighted by Crippen LogP contribution is 2.35. The van der Waals surface area contributed by atoms with E-state index in [1.165, 1.54) is 24.9 Å². The van der Waals surface area contributed by atoms with Gasteiger partial charge in [0, 0.05) is 35.8 Å². The molecule has 1 aromatic carbocycles. The van der Waals surface area contributed by atoms with Gasteiger partial charge < -0.3 is 15.7 Å². The molecule has 0 saturated carbocycles. The molecule has 0 spiro atoms. The lowest BCUT2D eigenvalue weighted by atomic mass is 10.0. The second-order valence-electron chi connectivity index (χ2n) is 9.02. The Morgan fingerprint density at radius 1 is 1.03 bits per heavy atom. The number of hydrogen-bond donors (Lipinski definition) is 2. The zero-order valence-corrected chi connectivity index (χ0v) is 19.7. The van der Waals surface area contributed by atoms with Crippen LogP contribution in [0.25, 0.3) is 28.0 Å². The quantitative estimate of drug-likeness (QED) is 0.416. The number of piperidine rings is 1. The van der Waals surface area contributed by atoms with Gasteiger partial charge >= 0.3 is 0 Å². The largest absolute Gasteiger partial charge is 0.390 e. The molecule has 4 aromatic rings. The summed E-state index contributed by atoms with van der Waals surface area (Å²) in [5, 5.41) is 15.4. The Kier molecular flexibility index (Phi) is 6.56. The number of aromatic nitrogens is 4. The van der Waals surface area contributed by atoms with Gasteiger partial charge in [-0.25, -0.2) is 9.67 Å². The minimum absolute atomic E-state index is 0.0637. The van der Waals surface area contributed by atoms with E-state index < -0.39 is 0 Å². The lowest BCUT2D eigenvalue weighted by molar-refractivity contribution is 0.276. The Morgan fingerprint density at radius 3 is 2.65 bits per heavy atom. The number of benzene rings is 1. The summed E-state index contributed by atoms with van der Waals surface area (Å²) in [7, 11) is 0. The van der Waals surface area contributed by atoms with Crippen LogP contribution in [-0.2, 0) is 6.61 Å². The third-order valence-electron chi connectivity index (χ3n) is 6.58. The summed E-state index contributed by atoms with van der Waals surface area (Å²) in [6, 6.07) is 16.1. The van der Waals surface area contributed by atoms with Crippen molar-refractivity contribution in [3.8, 4) is 17.1 Å². The molecule has 0 radical (unpaired) electrons. The van der Waals surface area contributed by atoms with Gasteiger partial charge in [0.15, 0.2) is 5.82 Å². The van der Waals surface area contributed by atoms with Gasteiger partial charge in [0.1, 0.15) is 0 Å². The monoisotopic (exact) mass is 456 g/mol. The van der Waals surface area contributed by atoms with E-state index >= 15 is 0 Å². The molecule has 5 rings (SSSR count). The Hall–Kier alpha value is -3.29. The molecule has 0 amide bonds. The zero-order chi connectivity index (χ0) is 23.5. The van der Waals surface area contributed by atoms with Crippen LogP contribution in [-0.4, -0.2) is 37.9 Å². The molecule has 7 heteroatoms. The van der Waals surface area contributed by atoms with Crippen LogP contribution in [0.4, 0.5) is 5.69 Å². The van der Waals surface area contributed by atoms with E-state index in [1.807, 2.05) is 41.2 Å².